The standard InChI is InChI=1S/C19H15ClF3N3O3S/c1-10-16(11-3-5-13(29-2)6-4-11)25-18(30-10)24-15(27)9-26-8-12(19(21,22)23)7-14(20)17(26)28/h3-8H,9H2,1-2H3,(H,24,25,27). The van der Waals surface area contributed by atoms with Gasteiger partial charge in [0.25, 0.3) is 5.56 Å². The van der Waals surface area contributed by atoms with Crippen LogP contribution in [0.1, 0.15) is 10.4 Å². The predicted octanol–water partition coefficient (Wildman–Crippen LogP) is 4.60. The number of hydrogen-bond donors (Lipinski definition) is 1. The third-order valence-electron chi connectivity index (χ3n) is 4.09. The lowest BCUT2D eigenvalue weighted by Crippen LogP contribution is -2.29. The minimum atomic E-state index is -4.70. The molecule has 0 unspecified atom stereocenters. The molecule has 0 aliphatic rings. The molecule has 158 valence electrons. The molecule has 0 aliphatic carbocycles. The molecule has 2 aromatic heterocycles. The van der Waals surface area contributed by atoms with Gasteiger partial charge < -0.3 is 14.6 Å². The fourth-order valence-electron chi connectivity index (χ4n) is 2.65. The van der Waals surface area contributed by atoms with Crippen molar-refractivity contribution in [1.29, 1.82) is 0 Å². The van der Waals surface area contributed by atoms with Gasteiger partial charge >= 0.3 is 6.18 Å². The number of thiazole rings is 1. The Labute approximate surface area is 177 Å². The fourth-order valence-corrected chi connectivity index (χ4v) is 3.73. The average Bonchev–Trinajstić information content (AvgIpc) is 3.04. The molecular weight excluding hydrogens is 443 g/mol. The van der Waals surface area contributed by atoms with Crippen molar-refractivity contribution in [2.75, 3.05) is 12.4 Å². The monoisotopic (exact) mass is 457 g/mol. The number of carbonyl (C=O) groups is 1. The number of halogens is 4. The first-order valence-electron chi connectivity index (χ1n) is 8.47. The van der Waals surface area contributed by atoms with Crippen LogP contribution in [0.2, 0.25) is 5.02 Å². The van der Waals surface area contributed by atoms with Crippen LogP contribution in [0.5, 0.6) is 5.75 Å². The second-order valence-electron chi connectivity index (χ2n) is 6.21. The van der Waals surface area contributed by atoms with E-state index in [0.29, 0.717) is 28.3 Å². The van der Waals surface area contributed by atoms with Gasteiger partial charge in [-0.1, -0.05) is 11.6 Å². The van der Waals surface area contributed by atoms with Gasteiger partial charge in [-0.3, -0.25) is 9.59 Å². The first-order chi connectivity index (χ1) is 14.1. The summed E-state index contributed by atoms with van der Waals surface area (Å²) in [6, 6.07) is 7.71. The van der Waals surface area contributed by atoms with Gasteiger partial charge in [0.15, 0.2) is 5.13 Å². The molecule has 0 bridgehead atoms. The number of ether oxygens (including phenoxy) is 1. The largest absolute Gasteiger partial charge is 0.497 e. The molecule has 1 N–H and O–H groups in total. The maximum atomic E-state index is 12.9. The molecule has 30 heavy (non-hydrogen) atoms. The number of carbonyl (C=O) groups excluding carboxylic acids is 1. The van der Waals surface area contributed by atoms with Crippen LogP contribution in [0.4, 0.5) is 18.3 Å². The summed E-state index contributed by atoms with van der Waals surface area (Å²) in [5.74, 6) is -0.0205. The molecule has 6 nitrogen and oxygen atoms in total. The number of nitrogens with zero attached hydrogens (tertiary/aromatic N) is 2. The molecule has 0 fully saturated rings. The SMILES string of the molecule is COc1ccc(-c2nc(NC(=O)Cn3cc(C(F)(F)F)cc(Cl)c3=O)sc2C)cc1. The van der Waals surface area contributed by atoms with Crippen molar-refractivity contribution < 1.29 is 22.7 Å². The number of pyridine rings is 1. The normalized spacial score (nSPS) is 11.4. The van der Waals surface area contributed by atoms with E-state index in [1.807, 2.05) is 19.1 Å². The first kappa shape index (κ1) is 21.8. The van der Waals surface area contributed by atoms with Gasteiger partial charge in [-0.15, -0.1) is 11.3 Å². The van der Waals surface area contributed by atoms with Crippen LogP contribution in [-0.2, 0) is 17.5 Å². The minimum Gasteiger partial charge on any atom is -0.497 e. The van der Waals surface area contributed by atoms with E-state index in [4.69, 9.17) is 16.3 Å². The van der Waals surface area contributed by atoms with Crippen molar-refractivity contribution in [1.82, 2.24) is 9.55 Å². The van der Waals surface area contributed by atoms with Crippen LogP contribution in [0, 0.1) is 6.92 Å². The lowest BCUT2D eigenvalue weighted by atomic mass is 10.1. The highest BCUT2D eigenvalue weighted by atomic mass is 35.5. The summed E-state index contributed by atoms with van der Waals surface area (Å²) < 4.78 is 44.5. The molecule has 3 rings (SSSR count). The molecule has 0 atom stereocenters. The Balaban J connectivity index is 1.79. The number of methoxy groups -OCH3 is 1. The maximum absolute atomic E-state index is 12.9. The van der Waals surface area contributed by atoms with E-state index in [9.17, 15) is 22.8 Å². The summed E-state index contributed by atoms with van der Waals surface area (Å²) >= 11 is 6.80. The van der Waals surface area contributed by atoms with E-state index in [2.05, 4.69) is 10.3 Å². The summed E-state index contributed by atoms with van der Waals surface area (Å²) in [5, 5.41) is 2.15. The molecule has 1 amide bonds. The topological polar surface area (TPSA) is 73.2 Å². The maximum Gasteiger partial charge on any atom is 0.417 e. The number of alkyl halides is 3. The summed E-state index contributed by atoms with van der Waals surface area (Å²) in [5.41, 5.74) is -0.552. The van der Waals surface area contributed by atoms with Gasteiger partial charge in [-0.2, -0.15) is 13.2 Å². The van der Waals surface area contributed by atoms with Crippen molar-refractivity contribution in [3.63, 3.8) is 0 Å². The quantitative estimate of drug-likeness (QED) is 0.607. The summed E-state index contributed by atoms with van der Waals surface area (Å²) in [4.78, 5) is 29.5. The number of anilines is 1. The highest BCUT2D eigenvalue weighted by Gasteiger charge is 2.32. The van der Waals surface area contributed by atoms with E-state index >= 15 is 0 Å². The van der Waals surface area contributed by atoms with Gasteiger partial charge in [0.1, 0.15) is 17.3 Å². The van der Waals surface area contributed by atoms with E-state index in [1.165, 1.54) is 11.3 Å². The Morgan fingerprint density at radius 3 is 2.57 bits per heavy atom. The zero-order valence-electron chi connectivity index (χ0n) is 15.7. The van der Waals surface area contributed by atoms with Gasteiger partial charge in [0.2, 0.25) is 5.91 Å². The highest BCUT2D eigenvalue weighted by Crippen LogP contribution is 2.32. The summed E-state index contributed by atoms with van der Waals surface area (Å²) in [6.45, 7) is 1.18. The van der Waals surface area contributed by atoms with E-state index in [-0.39, 0.29) is 5.13 Å². The molecule has 3 aromatic rings. The van der Waals surface area contributed by atoms with Gasteiger partial charge in [-0.25, -0.2) is 4.98 Å². The van der Waals surface area contributed by atoms with E-state index < -0.39 is 34.8 Å². The number of benzene rings is 1. The Bertz CT molecular complexity index is 1140. The van der Waals surface area contributed by atoms with Crippen molar-refractivity contribution in [2.45, 2.75) is 19.6 Å². The van der Waals surface area contributed by atoms with Crippen LogP contribution in [0.3, 0.4) is 0 Å². The van der Waals surface area contributed by atoms with Crippen LogP contribution in [-0.4, -0.2) is 22.6 Å². The number of aryl methyl sites for hydroxylation is 1. The van der Waals surface area contributed by atoms with Crippen molar-refractivity contribution in [2.24, 2.45) is 0 Å². The molecule has 0 spiro atoms. The Kier molecular flexibility index (Phi) is 6.18. The lowest BCUT2D eigenvalue weighted by molar-refractivity contribution is -0.138. The van der Waals surface area contributed by atoms with Crippen LogP contribution >= 0.6 is 22.9 Å². The van der Waals surface area contributed by atoms with Crippen molar-refractivity contribution in [3.8, 4) is 17.0 Å². The van der Waals surface area contributed by atoms with Crippen molar-refractivity contribution >= 4 is 34.0 Å². The Morgan fingerprint density at radius 2 is 1.97 bits per heavy atom. The fraction of sp³-hybridized carbons (Fsp3) is 0.211. The Morgan fingerprint density at radius 1 is 1.30 bits per heavy atom. The van der Waals surface area contributed by atoms with Crippen LogP contribution in [0.15, 0.2) is 41.3 Å². The number of nitrogens with one attached hydrogen (secondary N) is 1. The summed E-state index contributed by atoms with van der Waals surface area (Å²) in [6.07, 6.45) is -4.14. The third-order valence-corrected chi connectivity index (χ3v) is 5.25. The zero-order chi connectivity index (χ0) is 22.1. The lowest BCUT2D eigenvalue weighted by Gasteiger charge is -2.11. The summed E-state index contributed by atoms with van der Waals surface area (Å²) in [7, 11) is 1.56. The number of hydrogen-bond acceptors (Lipinski definition) is 5. The zero-order valence-corrected chi connectivity index (χ0v) is 17.3. The second kappa shape index (κ2) is 8.49. The minimum absolute atomic E-state index is 0.259. The molecule has 0 aliphatic heterocycles. The molecule has 1 aromatic carbocycles. The molecule has 11 heteroatoms. The number of rotatable bonds is 5. The number of aromatic nitrogens is 2. The highest BCUT2D eigenvalue weighted by molar-refractivity contribution is 7.16. The predicted molar refractivity (Wildman–Crippen MR) is 108 cm³/mol. The second-order valence-corrected chi connectivity index (χ2v) is 7.82. The molecule has 2 heterocycles. The number of amides is 1. The van der Waals surface area contributed by atoms with Crippen molar-refractivity contribution in [3.05, 3.63) is 62.3 Å². The third kappa shape index (κ3) is 4.82. The smallest absolute Gasteiger partial charge is 0.417 e. The first-order valence-corrected chi connectivity index (χ1v) is 9.67. The van der Waals surface area contributed by atoms with Gasteiger partial charge in [0, 0.05) is 16.6 Å². The molecule has 0 radical (unpaired) electrons. The Hall–Kier alpha value is -2.85. The van der Waals surface area contributed by atoms with Gasteiger partial charge in [-0.05, 0) is 37.3 Å². The molecular formula is C19H15ClF3N3O3S. The molecule has 0 saturated heterocycles. The van der Waals surface area contributed by atoms with Crippen LogP contribution in [0.25, 0.3) is 11.3 Å². The molecule has 0 saturated carbocycles. The van der Waals surface area contributed by atoms with Crippen LogP contribution < -0.4 is 15.6 Å². The van der Waals surface area contributed by atoms with Gasteiger partial charge in [0.05, 0.1) is 18.4 Å². The van der Waals surface area contributed by atoms with E-state index in [0.717, 1.165) is 10.4 Å². The average molecular weight is 458 g/mol. The van der Waals surface area contributed by atoms with E-state index in [1.54, 1.807) is 19.2 Å².